The lowest BCUT2D eigenvalue weighted by molar-refractivity contribution is -0.127. The molecule has 8 nitrogen and oxygen atoms in total. The summed E-state index contributed by atoms with van der Waals surface area (Å²) in [6.07, 6.45) is 1.51. The minimum atomic E-state index is -0.578. The van der Waals surface area contributed by atoms with Crippen LogP contribution in [0.25, 0.3) is 6.08 Å². The number of benzene rings is 2. The molecular formula is C24H16BrIN2O6S2. The molecule has 0 radical (unpaired) electrons. The van der Waals surface area contributed by atoms with Crippen molar-refractivity contribution in [2.45, 2.75) is 0 Å². The van der Waals surface area contributed by atoms with Gasteiger partial charge in [-0.25, -0.2) is 4.79 Å². The molecule has 1 aliphatic heterocycles. The number of halogens is 2. The molecule has 2 aromatic carbocycles. The number of anilines is 1. The zero-order valence-corrected chi connectivity index (χ0v) is 23.8. The van der Waals surface area contributed by atoms with Gasteiger partial charge in [-0.2, -0.15) is 0 Å². The molecule has 1 aromatic heterocycles. The predicted octanol–water partition coefficient (Wildman–Crippen LogP) is 6.02. The van der Waals surface area contributed by atoms with Crippen molar-refractivity contribution in [1.82, 2.24) is 4.90 Å². The average molecular weight is 699 g/mol. The highest BCUT2D eigenvalue weighted by atomic mass is 127. The van der Waals surface area contributed by atoms with E-state index in [-0.39, 0.29) is 16.4 Å². The van der Waals surface area contributed by atoms with Gasteiger partial charge in [-0.3, -0.25) is 19.3 Å². The maximum Gasteiger partial charge on any atom is 0.353 e. The second kappa shape index (κ2) is 11.6. The number of nitrogens with zero attached hydrogens (tertiary/aromatic N) is 1. The van der Waals surface area contributed by atoms with Crippen LogP contribution in [-0.4, -0.2) is 41.6 Å². The van der Waals surface area contributed by atoms with Gasteiger partial charge in [0.05, 0.1) is 16.5 Å². The van der Waals surface area contributed by atoms with Gasteiger partial charge >= 0.3 is 5.97 Å². The zero-order chi connectivity index (χ0) is 25.8. The van der Waals surface area contributed by atoms with E-state index in [1.54, 1.807) is 41.8 Å². The van der Waals surface area contributed by atoms with E-state index in [2.05, 4.69) is 43.8 Å². The highest BCUT2D eigenvalue weighted by Gasteiger charge is 2.36. The molecule has 2 heterocycles. The number of methoxy groups -OCH3 is 1. The Morgan fingerprint density at radius 2 is 1.92 bits per heavy atom. The summed E-state index contributed by atoms with van der Waals surface area (Å²) in [6, 6.07) is 13.8. The Labute approximate surface area is 236 Å². The average Bonchev–Trinajstić information content (AvgIpc) is 3.47. The van der Waals surface area contributed by atoms with Crippen LogP contribution in [0.3, 0.4) is 0 Å². The molecule has 1 fully saturated rings. The van der Waals surface area contributed by atoms with Crippen LogP contribution in [-0.2, 0) is 9.59 Å². The van der Waals surface area contributed by atoms with Crippen molar-refractivity contribution < 1.29 is 28.7 Å². The first kappa shape index (κ1) is 26.4. The number of hydrogen-bond donors (Lipinski definition) is 1. The summed E-state index contributed by atoms with van der Waals surface area (Å²) in [5, 5.41) is 3.90. The van der Waals surface area contributed by atoms with E-state index < -0.39 is 29.6 Å². The first-order valence-electron chi connectivity index (χ1n) is 10.2. The molecule has 1 aliphatic rings. The van der Waals surface area contributed by atoms with Crippen molar-refractivity contribution in [2.24, 2.45) is 0 Å². The third-order valence-corrected chi connectivity index (χ3v) is 7.84. The Morgan fingerprint density at radius 1 is 1.17 bits per heavy atom. The number of rotatable bonds is 7. The lowest BCUT2D eigenvalue weighted by Gasteiger charge is -2.13. The van der Waals surface area contributed by atoms with Crippen molar-refractivity contribution in [1.29, 1.82) is 0 Å². The second-order valence-corrected chi connectivity index (χ2v) is 11.3. The molecule has 184 valence electrons. The Bertz CT molecular complexity index is 1380. The van der Waals surface area contributed by atoms with E-state index in [9.17, 15) is 19.2 Å². The fourth-order valence-corrected chi connectivity index (χ4v) is 5.46. The second-order valence-electron chi connectivity index (χ2n) is 7.22. The highest BCUT2D eigenvalue weighted by Crippen LogP contribution is 2.39. The Hall–Kier alpha value is -2.68. The fourth-order valence-electron chi connectivity index (χ4n) is 3.12. The fraction of sp³-hybridized carbons (Fsp3) is 0.0833. The van der Waals surface area contributed by atoms with E-state index in [0.29, 0.717) is 20.6 Å². The number of nitrogens with one attached hydrogen (secondary N) is 1. The molecular weight excluding hydrogens is 683 g/mol. The SMILES string of the molecule is COc1cc(/C=C2\SC(=O)N(CC(=O)Nc3ccc(I)cc3)C2=O)cc(Br)c1OC(=O)c1cccs1. The highest BCUT2D eigenvalue weighted by molar-refractivity contribution is 14.1. The predicted molar refractivity (Wildman–Crippen MR) is 150 cm³/mol. The molecule has 0 atom stereocenters. The molecule has 36 heavy (non-hydrogen) atoms. The van der Waals surface area contributed by atoms with Crippen LogP contribution in [0.15, 0.2) is 63.3 Å². The summed E-state index contributed by atoms with van der Waals surface area (Å²) in [4.78, 5) is 51.6. The van der Waals surface area contributed by atoms with E-state index in [4.69, 9.17) is 9.47 Å². The van der Waals surface area contributed by atoms with E-state index >= 15 is 0 Å². The summed E-state index contributed by atoms with van der Waals surface area (Å²) in [6.45, 7) is -0.404. The van der Waals surface area contributed by atoms with Gasteiger partial charge in [-0.15, -0.1) is 11.3 Å². The maximum atomic E-state index is 12.9. The summed E-state index contributed by atoms with van der Waals surface area (Å²) >= 11 is 7.52. The maximum absolute atomic E-state index is 12.9. The third kappa shape index (κ3) is 6.17. The number of thiophene rings is 1. The lowest BCUT2D eigenvalue weighted by atomic mass is 10.2. The summed E-state index contributed by atoms with van der Waals surface area (Å²) < 4.78 is 12.3. The third-order valence-electron chi connectivity index (χ3n) is 4.77. The van der Waals surface area contributed by atoms with Crippen molar-refractivity contribution in [3.05, 3.63) is 77.3 Å². The van der Waals surface area contributed by atoms with Crippen molar-refractivity contribution >= 4 is 96.4 Å². The number of carbonyl (C=O) groups excluding carboxylic acids is 4. The lowest BCUT2D eigenvalue weighted by Crippen LogP contribution is -2.36. The molecule has 3 amide bonds. The summed E-state index contributed by atoms with van der Waals surface area (Å²) in [7, 11) is 1.42. The van der Waals surface area contributed by atoms with Crippen LogP contribution in [0, 0.1) is 3.57 Å². The summed E-state index contributed by atoms with van der Waals surface area (Å²) in [5.74, 6) is -1.14. The monoisotopic (exact) mass is 698 g/mol. The number of amides is 3. The Morgan fingerprint density at radius 3 is 2.58 bits per heavy atom. The minimum Gasteiger partial charge on any atom is -0.493 e. The standard InChI is InChI=1S/C24H16BrIN2O6S2/c1-33-17-10-13(9-16(25)21(17)34-23(31)18-3-2-8-35-18)11-19-22(30)28(24(32)36-19)12-20(29)27-15-6-4-14(26)5-7-15/h2-11H,12H2,1H3,(H,27,29)/b19-11-. The molecule has 0 spiro atoms. The van der Waals surface area contributed by atoms with Crippen LogP contribution in [0.1, 0.15) is 15.2 Å². The molecule has 0 saturated carbocycles. The first-order chi connectivity index (χ1) is 17.2. The van der Waals surface area contributed by atoms with Crippen LogP contribution >= 0.6 is 61.6 Å². The van der Waals surface area contributed by atoms with Gasteiger partial charge in [-0.05, 0) is 110 Å². The van der Waals surface area contributed by atoms with Crippen LogP contribution < -0.4 is 14.8 Å². The van der Waals surface area contributed by atoms with Crippen molar-refractivity contribution in [3.8, 4) is 11.5 Å². The smallest absolute Gasteiger partial charge is 0.353 e. The normalized spacial score (nSPS) is 14.3. The number of ether oxygens (including phenoxy) is 2. The van der Waals surface area contributed by atoms with Gasteiger partial charge in [-0.1, -0.05) is 6.07 Å². The minimum absolute atomic E-state index is 0.152. The molecule has 3 aromatic rings. The van der Waals surface area contributed by atoms with Gasteiger partial charge in [0.15, 0.2) is 11.5 Å². The number of hydrogen-bond acceptors (Lipinski definition) is 8. The molecule has 4 rings (SSSR count). The topological polar surface area (TPSA) is 102 Å². The van der Waals surface area contributed by atoms with Gasteiger partial charge in [0, 0.05) is 9.26 Å². The van der Waals surface area contributed by atoms with Gasteiger partial charge < -0.3 is 14.8 Å². The quantitative estimate of drug-likeness (QED) is 0.139. The van der Waals surface area contributed by atoms with Crippen LogP contribution in [0.4, 0.5) is 10.5 Å². The molecule has 0 aliphatic carbocycles. The van der Waals surface area contributed by atoms with Gasteiger partial charge in [0.2, 0.25) is 5.91 Å². The largest absolute Gasteiger partial charge is 0.493 e. The number of thioether (sulfide) groups is 1. The molecule has 0 unspecified atom stereocenters. The number of carbonyl (C=O) groups is 4. The van der Waals surface area contributed by atoms with Crippen LogP contribution in [0.2, 0.25) is 0 Å². The van der Waals surface area contributed by atoms with Crippen LogP contribution in [0.5, 0.6) is 11.5 Å². The summed E-state index contributed by atoms with van der Waals surface area (Å²) in [5.41, 5.74) is 1.10. The van der Waals surface area contributed by atoms with Gasteiger partial charge in [0.1, 0.15) is 11.4 Å². The molecule has 0 bridgehead atoms. The van der Waals surface area contributed by atoms with Crippen molar-refractivity contribution in [3.63, 3.8) is 0 Å². The molecule has 1 saturated heterocycles. The van der Waals surface area contributed by atoms with E-state index in [0.717, 1.165) is 20.2 Å². The van der Waals surface area contributed by atoms with E-state index in [1.807, 2.05) is 12.1 Å². The van der Waals surface area contributed by atoms with E-state index in [1.165, 1.54) is 24.5 Å². The Balaban J connectivity index is 1.49. The van der Waals surface area contributed by atoms with Gasteiger partial charge in [0.25, 0.3) is 11.1 Å². The Kier molecular flexibility index (Phi) is 8.49. The number of esters is 1. The molecule has 1 N–H and O–H groups in total. The molecule has 12 heteroatoms. The number of imide groups is 1. The van der Waals surface area contributed by atoms with Crippen molar-refractivity contribution in [2.75, 3.05) is 19.0 Å². The first-order valence-corrected chi connectivity index (χ1v) is 13.8. The zero-order valence-electron chi connectivity index (χ0n) is 18.4.